The molecule has 1 unspecified atom stereocenters. The molecule has 18 heavy (non-hydrogen) atoms. The van der Waals surface area contributed by atoms with Crippen molar-refractivity contribution in [2.75, 3.05) is 13.6 Å². The highest BCUT2D eigenvalue weighted by molar-refractivity contribution is 7.87. The maximum atomic E-state index is 12.8. The van der Waals surface area contributed by atoms with Gasteiger partial charge in [0.1, 0.15) is 0 Å². The van der Waals surface area contributed by atoms with Crippen LogP contribution in [0.5, 0.6) is 0 Å². The van der Waals surface area contributed by atoms with Gasteiger partial charge in [-0.1, -0.05) is 0 Å². The molecule has 0 spiro atoms. The van der Waals surface area contributed by atoms with Crippen molar-refractivity contribution in [3.05, 3.63) is 12.4 Å². The molecular formula is C8H12F4N2O3S. The van der Waals surface area contributed by atoms with E-state index in [-0.39, 0.29) is 6.54 Å². The first-order chi connectivity index (χ1) is 8.13. The fraction of sp³-hybridized carbons (Fsp3) is 0.750. The second-order valence-corrected chi connectivity index (χ2v) is 5.18. The summed E-state index contributed by atoms with van der Waals surface area (Å²) in [5, 5.41) is -5.24. The summed E-state index contributed by atoms with van der Waals surface area (Å²) in [6, 6.07) is 0. The van der Waals surface area contributed by atoms with E-state index in [1.807, 2.05) is 0 Å². The molecule has 1 atom stereocenters. The summed E-state index contributed by atoms with van der Waals surface area (Å²) in [4.78, 5) is 2.43. The molecule has 1 heterocycles. The fourth-order valence-electron chi connectivity index (χ4n) is 1.24. The minimum Gasteiger partial charge on any atom is -0.336 e. The predicted molar refractivity (Wildman–Crippen MR) is 54.0 cm³/mol. The van der Waals surface area contributed by atoms with Crippen molar-refractivity contribution < 1.29 is 30.2 Å². The van der Waals surface area contributed by atoms with Crippen molar-refractivity contribution in [3.63, 3.8) is 0 Å². The molecule has 5 nitrogen and oxygen atoms in total. The van der Waals surface area contributed by atoms with Crippen molar-refractivity contribution >= 4 is 10.1 Å². The third kappa shape index (κ3) is 2.53. The molecule has 0 bridgehead atoms. The van der Waals surface area contributed by atoms with Gasteiger partial charge >= 0.3 is 21.8 Å². The second kappa shape index (κ2) is 4.92. The lowest BCUT2D eigenvalue weighted by atomic mass is 10.6. The SMILES string of the molecule is CCN1C=CN(C)C1OS(=O)(=O)C(F)(F)C(F)F. The lowest BCUT2D eigenvalue weighted by Crippen LogP contribution is -2.46. The molecule has 0 N–H and O–H groups in total. The largest absolute Gasteiger partial charge is 0.428 e. The summed E-state index contributed by atoms with van der Waals surface area (Å²) in [6.07, 6.45) is -2.95. The number of hydrogen-bond acceptors (Lipinski definition) is 5. The Morgan fingerprint density at radius 1 is 1.39 bits per heavy atom. The van der Waals surface area contributed by atoms with Gasteiger partial charge in [0.2, 0.25) is 6.35 Å². The maximum absolute atomic E-state index is 12.8. The minimum absolute atomic E-state index is 0.265. The van der Waals surface area contributed by atoms with Gasteiger partial charge in [-0.3, -0.25) is 0 Å². The van der Waals surface area contributed by atoms with Gasteiger partial charge in [-0.15, -0.1) is 0 Å². The smallest absolute Gasteiger partial charge is 0.336 e. The first-order valence-corrected chi connectivity index (χ1v) is 6.29. The molecule has 0 saturated carbocycles. The summed E-state index contributed by atoms with van der Waals surface area (Å²) in [5.41, 5.74) is 0. The monoisotopic (exact) mass is 292 g/mol. The summed E-state index contributed by atoms with van der Waals surface area (Å²) in [6.45, 7) is 1.89. The number of hydrogen-bond donors (Lipinski definition) is 0. The first kappa shape index (κ1) is 15.0. The average Bonchev–Trinajstić information content (AvgIpc) is 2.59. The Kier molecular flexibility index (Phi) is 4.11. The van der Waals surface area contributed by atoms with Gasteiger partial charge in [0.25, 0.3) is 0 Å². The van der Waals surface area contributed by atoms with Crippen LogP contribution in [0, 0.1) is 0 Å². The third-order valence-corrected chi connectivity index (χ3v) is 3.56. The van der Waals surface area contributed by atoms with Crippen LogP contribution < -0.4 is 0 Å². The molecule has 0 fully saturated rings. The molecule has 1 aliphatic rings. The lowest BCUT2D eigenvalue weighted by Gasteiger charge is -2.29. The standard InChI is InChI=1S/C8H12F4N2O3S/c1-3-14-5-4-13(2)7(14)17-18(15,16)8(11,12)6(9)10/h4-7H,3H2,1-2H3. The highest BCUT2D eigenvalue weighted by Gasteiger charge is 2.57. The van der Waals surface area contributed by atoms with Crippen molar-refractivity contribution in [2.24, 2.45) is 0 Å². The van der Waals surface area contributed by atoms with Crippen LogP contribution in [0.4, 0.5) is 17.6 Å². The zero-order chi connectivity index (χ0) is 14.1. The number of rotatable bonds is 5. The van der Waals surface area contributed by atoms with Gasteiger partial charge in [-0.05, 0) is 6.92 Å². The fourth-order valence-corrected chi connectivity index (χ4v) is 2.06. The van der Waals surface area contributed by atoms with Crippen molar-refractivity contribution in [3.8, 4) is 0 Å². The molecule has 0 aliphatic carbocycles. The van der Waals surface area contributed by atoms with E-state index < -0.39 is 28.1 Å². The maximum Gasteiger partial charge on any atom is 0.428 e. The van der Waals surface area contributed by atoms with Crippen LogP contribution >= 0.6 is 0 Å². The van der Waals surface area contributed by atoms with Crippen LogP contribution in [0.3, 0.4) is 0 Å². The van der Waals surface area contributed by atoms with Gasteiger partial charge in [0, 0.05) is 26.0 Å². The van der Waals surface area contributed by atoms with E-state index >= 15 is 0 Å². The van der Waals surface area contributed by atoms with Crippen molar-refractivity contribution in [1.29, 1.82) is 0 Å². The quantitative estimate of drug-likeness (QED) is 0.563. The van der Waals surface area contributed by atoms with Crippen LogP contribution in [0.15, 0.2) is 12.4 Å². The highest BCUT2D eigenvalue weighted by Crippen LogP contribution is 2.32. The number of halogens is 4. The van der Waals surface area contributed by atoms with Crippen LogP contribution in [-0.4, -0.2) is 49.8 Å². The third-order valence-electron chi connectivity index (χ3n) is 2.29. The Labute approximate surface area is 102 Å². The topological polar surface area (TPSA) is 49.9 Å². The van der Waals surface area contributed by atoms with Crippen molar-refractivity contribution in [2.45, 2.75) is 25.0 Å². The molecule has 0 aromatic carbocycles. The molecule has 0 amide bonds. The van der Waals surface area contributed by atoms with E-state index in [0.717, 1.165) is 0 Å². The van der Waals surface area contributed by atoms with E-state index in [0.29, 0.717) is 0 Å². The van der Waals surface area contributed by atoms with E-state index in [4.69, 9.17) is 0 Å². The highest BCUT2D eigenvalue weighted by atomic mass is 32.2. The van der Waals surface area contributed by atoms with E-state index in [9.17, 15) is 26.0 Å². The lowest BCUT2D eigenvalue weighted by molar-refractivity contribution is -0.0847. The van der Waals surface area contributed by atoms with Crippen LogP contribution in [-0.2, 0) is 14.3 Å². The molecule has 0 radical (unpaired) electrons. The predicted octanol–water partition coefficient (Wildman–Crippen LogP) is 1.21. The summed E-state index contributed by atoms with van der Waals surface area (Å²) >= 11 is 0. The summed E-state index contributed by atoms with van der Waals surface area (Å²) < 4.78 is 76.1. The van der Waals surface area contributed by atoms with Gasteiger partial charge in [0.15, 0.2) is 0 Å². The van der Waals surface area contributed by atoms with Crippen LogP contribution in [0.1, 0.15) is 6.92 Å². The van der Waals surface area contributed by atoms with E-state index in [1.54, 1.807) is 6.92 Å². The molecule has 1 aliphatic heterocycles. The molecular weight excluding hydrogens is 280 g/mol. The average molecular weight is 292 g/mol. The Morgan fingerprint density at radius 2 is 1.94 bits per heavy atom. The Bertz CT molecular complexity index is 426. The zero-order valence-corrected chi connectivity index (χ0v) is 10.4. The van der Waals surface area contributed by atoms with Crippen LogP contribution in [0.25, 0.3) is 0 Å². The Morgan fingerprint density at radius 3 is 2.39 bits per heavy atom. The molecule has 10 heteroatoms. The minimum atomic E-state index is -5.73. The van der Waals surface area contributed by atoms with Crippen LogP contribution in [0.2, 0.25) is 0 Å². The normalized spacial score (nSPS) is 21.2. The second-order valence-electron chi connectivity index (χ2n) is 3.53. The summed E-state index contributed by atoms with van der Waals surface area (Å²) in [5.74, 6) is 0. The van der Waals surface area contributed by atoms with E-state index in [1.165, 1.54) is 29.2 Å². The van der Waals surface area contributed by atoms with Crippen molar-refractivity contribution in [1.82, 2.24) is 9.80 Å². The number of alkyl halides is 4. The van der Waals surface area contributed by atoms with Gasteiger partial charge in [-0.2, -0.15) is 17.2 Å². The molecule has 1 rings (SSSR count). The van der Waals surface area contributed by atoms with Gasteiger partial charge < -0.3 is 9.80 Å². The van der Waals surface area contributed by atoms with E-state index in [2.05, 4.69) is 4.18 Å². The molecule has 0 aromatic rings. The molecule has 106 valence electrons. The Hall–Kier alpha value is -1.03. The molecule has 0 saturated heterocycles. The zero-order valence-electron chi connectivity index (χ0n) is 9.56. The number of nitrogens with zero attached hydrogens (tertiary/aromatic N) is 2. The van der Waals surface area contributed by atoms with Gasteiger partial charge in [0.05, 0.1) is 0 Å². The first-order valence-electron chi connectivity index (χ1n) is 4.88. The molecule has 0 aromatic heterocycles. The summed E-state index contributed by atoms with van der Waals surface area (Å²) in [7, 11) is -4.36. The van der Waals surface area contributed by atoms with Gasteiger partial charge in [-0.25, -0.2) is 13.0 Å². The Balaban J connectivity index is 2.90.